The van der Waals surface area contributed by atoms with Crippen molar-refractivity contribution in [2.45, 2.75) is 65.4 Å². The van der Waals surface area contributed by atoms with Gasteiger partial charge in [0.1, 0.15) is 0 Å². The molecule has 2 atom stereocenters. The first-order valence-electron chi connectivity index (χ1n) is 7.22. The smallest absolute Gasteiger partial charge is 0.222 e. The van der Waals surface area contributed by atoms with Crippen LogP contribution in [0.2, 0.25) is 0 Å². The molecule has 0 bridgehead atoms. The van der Waals surface area contributed by atoms with Crippen LogP contribution in [-0.4, -0.2) is 35.6 Å². The van der Waals surface area contributed by atoms with Gasteiger partial charge in [-0.3, -0.25) is 4.79 Å². The zero-order chi connectivity index (χ0) is 13.8. The molecule has 1 aliphatic carbocycles. The second kappa shape index (κ2) is 6.55. The van der Waals surface area contributed by atoms with Gasteiger partial charge in [0, 0.05) is 20.0 Å². The van der Waals surface area contributed by atoms with Crippen molar-refractivity contribution in [2.75, 3.05) is 13.6 Å². The maximum atomic E-state index is 12.1. The van der Waals surface area contributed by atoms with E-state index in [0.717, 1.165) is 0 Å². The number of carbonyl (C=O) groups excluding carboxylic acids is 1. The third-order valence-electron chi connectivity index (χ3n) is 4.08. The van der Waals surface area contributed by atoms with Gasteiger partial charge in [-0.15, -0.1) is 0 Å². The Bertz CT molecular complexity index is 274. The zero-order valence-corrected chi connectivity index (χ0v) is 12.4. The molecule has 0 aromatic heterocycles. The lowest BCUT2D eigenvalue weighted by molar-refractivity contribution is -0.131. The molecule has 0 heterocycles. The van der Waals surface area contributed by atoms with E-state index in [1.807, 2.05) is 7.05 Å². The minimum Gasteiger partial charge on any atom is -0.393 e. The van der Waals surface area contributed by atoms with Crippen LogP contribution >= 0.6 is 0 Å². The Morgan fingerprint density at radius 3 is 2.72 bits per heavy atom. The monoisotopic (exact) mass is 255 g/mol. The van der Waals surface area contributed by atoms with Gasteiger partial charge < -0.3 is 10.0 Å². The highest BCUT2D eigenvalue weighted by molar-refractivity contribution is 5.76. The summed E-state index contributed by atoms with van der Waals surface area (Å²) in [5.74, 6) is 0.786. The van der Waals surface area contributed by atoms with Crippen molar-refractivity contribution in [2.24, 2.45) is 11.3 Å². The summed E-state index contributed by atoms with van der Waals surface area (Å²) in [6.07, 6.45) is 5.92. The van der Waals surface area contributed by atoms with Gasteiger partial charge in [0.15, 0.2) is 0 Å². The molecule has 106 valence electrons. The number of carbonyl (C=O) groups is 1. The summed E-state index contributed by atoms with van der Waals surface area (Å²) in [6.45, 7) is 7.04. The van der Waals surface area contributed by atoms with Crippen LogP contribution in [-0.2, 0) is 4.79 Å². The Morgan fingerprint density at radius 2 is 2.17 bits per heavy atom. The van der Waals surface area contributed by atoms with Gasteiger partial charge in [0.05, 0.1) is 6.10 Å². The maximum Gasteiger partial charge on any atom is 0.222 e. The topological polar surface area (TPSA) is 40.5 Å². The lowest BCUT2D eigenvalue weighted by atomic mass is 9.71. The lowest BCUT2D eigenvalue weighted by Gasteiger charge is -2.35. The van der Waals surface area contributed by atoms with E-state index >= 15 is 0 Å². The average molecular weight is 255 g/mol. The van der Waals surface area contributed by atoms with E-state index in [-0.39, 0.29) is 12.0 Å². The number of aliphatic hydroxyl groups is 1. The number of hydrogen-bond donors (Lipinski definition) is 1. The van der Waals surface area contributed by atoms with Crippen LogP contribution in [0, 0.1) is 11.3 Å². The molecule has 0 aromatic rings. The summed E-state index contributed by atoms with van der Waals surface area (Å²) in [5, 5.41) is 9.24. The number of aliphatic hydroxyl groups excluding tert-OH is 1. The van der Waals surface area contributed by atoms with Gasteiger partial charge in [0.2, 0.25) is 5.91 Å². The van der Waals surface area contributed by atoms with Crippen molar-refractivity contribution in [1.29, 1.82) is 0 Å². The van der Waals surface area contributed by atoms with Crippen LogP contribution in [0.25, 0.3) is 0 Å². The summed E-state index contributed by atoms with van der Waals surface area (Å²) in [7, 11) is 1.85. The molecule has 1 N–H and O–H groups in total. The number of nitrogens with zero attached hydrogens (tertiary/aromatic N) is 1. The van der Waals surface area contributed by atoms with E-state index < -0.39 is 0 Å². The maximum absolute atomic E-state index is 12.1. The molecule has 2 unspecified atom stereocenters. The first-order valence-corrected chi connectivity index (χ1v) is 7.22. The molecule has 1 fully saturated rings. The molecule has 0 aliphatic heterocycles. The van der Waals surface area contributed by atoms with E-state index in [4.69, 9.17) is 0 Å². The Morgan fingerprint density at radius 1 is 1.50 bits per heavy atom. The van der Waals surface area contributed by atoms with Crippen molar-refractivity contribution >= 4 is 5.91 Å². The summed E-state index contributed by atoms with van der Waals surface area (Å²) in [4.78, 5) is 13.9. The van der Waals surface area contributed by atoms with Crippen LogP contribution in [0.1, 0.15) is 59.3 Å². The molecule has 3 heteroatoms. The van der Waals surface area contributed by atoms with Crippen LogP contribution in [0.4, 0.5) is 0 Å². The second-order valence-electron chi connectivity index (χ2n) is 6.78. The highest BCUT2D eigenvalue weighted by Gasteiger charge is 2.29. The first-order chi connectivity index (χ1) is 8.30. The molecular weight excluding hydrogens is 226 g/mol. The SMILES string of the molecule is CC(O)CCN(C)C(=O)CC1CCCC(C)(C)C1. The third kappa shape index (κ3) is 5.38. The fraction of sp³-hybridized carbons (Fsp3) is 0.933. The molecule has 1 saturated carbocycles. The quantitative estimate of drug-likeness (QED) is 0.820. The van der Waals surface area contributed by atoms with Crippen molar-refractivity contribution in [3.63, 3.8) is 0 Å². The minimum atomic E-state index is -0.325. The summed E-state index contributed by atoms with van der Waals surface area (Å²) in [5.41, 5.74) is 0.404. The zero-order valence-electron chi connectivity index (χ0n) is 12.4. The highest BCUT2D eigenvalue weighted by atomic mass is 16.3. The van der Waals surface area contributed by atoms with Gasteiger partial charge in [-0.1, -0.05) is 20.3 Å². The predicted octanol–water partition coefficient (Wildman–Crippen LogP) is 2.82. The van der Waals surface area contributed by atoms with Crippen LogP contribution < -0.4 is 0 Å². The largest absolute Gasteiger partial charge is 0.393 e. The number of amides is 1. The fourth-order valence-corrected chi connectivity index (χ4v) is 2.94. The minimum absolute atomic E-state index is 0.235. The Hall–Kier alpha value is -0.570. The lowest BCUT2D eigenvalue weighted by Crippen LogP contribution is -2.33. The van der Waals surface area contributed by atoms with Crippen molar-refractivity contribution in [3.05, 3.63) is 0 Å². The summed E-state index contributed by atoms with van der Waals surface area (Å²) in [6, 6.07) is 0. The predicted molar refractivity (Wildman–Crippen MR) is 74.3 cm³/mol. The molecule has 0 spiro atoms. The van der Waals surface area contributed by atoms with Gasteiger partial charge in [0.25, 0.3) is 0 Å². The normalized spacial score (nSPS) is 24.6. The molecule has 1 amide bonds. The summed E-state index contributed by atoms with van der Waals surface area (Å²) >= 11 is 0. The molecule has 1 aliphatic rings. The Balaban J connectivity index is 2.35. The van der Waals surface area contributed by atoms with Gasteiger partial charge >= 0.3 is 0 Å². The molecule has 3 nitrogen and oxygen atoms in total. The van der Waals surface area contributed by atoms with Crippen LogP contribution in [0.5, 0.6) is 0 Å². The van der Waals surface area contributed by atoms with Crippen LogP contribution in [0.15, 0.2) is 0 Å². The van der Waals surface area contributed by atoms with Crippen molar-refractivity contribution in [1.82, 2.24) is 4.90 Å². The van der Waals surface area contributed by atoms with E-state index in [1.165, 1.54) is 25.7 Å². The fourth-order valence-electron chi connectivity index (χ4n) is 2.94. The molecular formula is C15H29NO2. The second-order valence-corrected chi connectivity index (χ2v) is 6.78. The Kier molecular flexibility index (Phi) is 5.64. The molecule has 0 saturated heterocycles. The standard InChI is InChI=1S/C15H29NO2/c1-12(17)7-9-16(4)14(18)10-13-6-5-8-15(2,3)11-13/h12-13,17H,5-11H2,1-4H3. The molecule has 0 aromatic carbocycles. The highest BCUT2D eigenvalue weighted by Crippen LogP contribution is 2.39. The van der Waals surface area contributed by atoms with E-state index in [9.17, 15) is 9.90 Å². The van der Waals surface area contributed by atoms with Crippen molar-refractivity contribution < 1.29 is 9.90 Å². The van der Waals surface area contributed by atoms with E-state index in [1.54, 1.807) is 11.8 Å². The van der Waals surface area contributed by atoms with Gasteiger partial charge in [-0.25, -0.2) is 0 Å². The third-order valence-corrected chi connectivity index (χ3v) is 4.08. The number of hydrogen-bond acceptors (Lipinski definition) is 2. The van der Waals surface area contributed by atoms with Gasteiger partial charge in [-0.05, 0) is 43.9 Å². The molecule has 1 rings (SSSR count). The van der Waals surface area contributed by atoms with E-state index in [2.05, 4.69) is 13.8 Å². The molecule has 0 radical (unpaired) electrons. The van der Waals surface area contributed by atoms with Crippen molar-refractivity contribution in [3.8, 4) is 0 Å². The van der Waals surface area contributed by atoms with Gasteiger partial charge in [-0.2, -0.15) is 0 Å². The Labute approximate surface area is 112 Å². The summed E-state index contributed by atoms with van der Waals surface area (Å²) < 4.78 is 0. The van der Waals surface area contributed by atoms with Crippen LogP contribution in [0.3, 0.4) is 0 Å². The van der Waals surface area contributed by atoms with E-state index in [0.29, 0.717) is 30.7 Å². The average Bonchev–Trinajstić information content (AvgIpc) is 2.24. The first kappa shape index (κ1) is 15.5. The molecule has 18 heavy (non-hydrogen) atoms. The number of rotatable bonds is 5.